The SMILES string of the molecule is O=C(NC1CCC(O)CC1)c1cccc(Nc2cc(Cc3cccc(C(F)(F)F)c3)ccn2)c1. The molecule has 1 amide bonds. The van der Waals surface area contributed by atoms with E-state index in [1.165, 1.54) is 6.07 Å². The number of anilines is 2. The molecule has 1 fully saturated rings. The van der Waals surface area contributed by atoms with Crippen LogP contribution in [-0.2, 0) is 12.6 Å². The Hall–Kier alpha value is -3.39. The van der Waals surface area contributed by atoms with Crippen molar-refractivity contribution in [1.82, 2.24) is 10.3 Å². The van der Waals surface area contributed by atoms with Crippen LogP contribution in [0.3, 0.4) is 0 Å². The summed E-state index contributed by atoms with van der Waals surface area (Å²) in [4.78, 5) is 17.0. The number of benzene rings is 2. The van der Waals surface area contributed by atoms with Crippen LogP contribution in [0.1, 0.15) is 52.7 Å². The first kappa shape index (κ1) is 23.8. The molecule has 34 heavy (non-hydrogen) atoms. The van der Waals surface area contributed by atoms with Gasteiger partial charge in [0.05, 0.1) is 11.7 Å². The molecule has 1 heterocycles. The average Bonchev–Trinajstić information content (AvgIpc) is 2.81. The third kappa shape index (κ3) is 6.35. The molecule has 1 saturated carbocycles. The molecule has 1 aliphatic carbocycles. The molecule has 0 atom stereocenters. The van der Waals surface area contributed by atoms with E-state index in [-0.39, 0.29) is 18.1 Å². The van der Waals surface area contributed by atoms with E-state index in [1.807, 2.05) is 6.07 Å². The summed E-state index contributed by atoms with van der Waals surface area (Å²) in [5.74, 6) is 0.361. The second kappa shape index (κ2) is 10.3. The summed E-state index contributed by atoms with van der Waals surface area (Å²) in [6.45, 7) is 0. The van der Waals surface area contributed by atoms with Crippen molar-refractivity contribution in [2.45, 2.75) is 50.4 Å². The second-order valence-corrected chi connectivity index (χ2v) is 8.61. The number of amides is 1. The first-order valence-corrected chi connectivity index (χ1v) is 11.2. The third-order valence-electron chi connectivity index (χ3n) is 5.92. The Bertz CT molecular complexity index is 1140. The van der Waals surface area contributed by atoms with Crippen molar-refractivity contribution in [1.29, 1.82) is 0 Å². The van der Waals surface area contributed by atoms with Gasteiger partial charge in [-0.2, -0.15) is 13.2 Å². The second-order valence-electron chi connectivity index (χ2n) is 8.61. The number of pyridine rings is 1. The first-order valence-electron chi connectivity index (χ1n) is 11.2. The molecule has 8 heteroatoms. The van der Waals surface area contributed by atoms with Gasteiger partial charge in [0.25, 0.3) is 5.91 Å². The molecule has 0 bridgehead atoms. The highest BCUT2D eigenvalue weighted by Crippen LogP contribution is 2.30. The van der Waals surface area contributed by atoms with Crippen LogP contribution in [0.2, 0.25) is 0 Å². The zero-order valence-electron chi connectivity index (χ0n) is 18.5. The van der Waals surface area contributed by atoms with Gasteiger partial charge in [-0.1, -0.05) is 24.3 Å². The Balaban J connectivity index is 1.42. The van der Waals surface area contributed by atoms with E-state index in [0.717, 1.165) is 30.5 Å². The summed E-state index contributed by atoms with van der Waals surface area (Å²) < 4.78 is 39.0. The van der Waals surface area contributed by atoms with Crippen molar-refractivity contribution in [3.63, 3.8) is 0 Å². The van der Waals surface area contributed by atoms with E-state index in [4.69, 9.17) is 0 Å². The number of aliphatic hydroxyl groups is 1. The fourth-order valence-corrected chi connectivity index (χ4v) is 4.12. The Labute approximate surface area is 196 Å². The zero-order chi connectivity index (χ0) is 24.1. The Morgan fingerprint density at radius 1 is 0.971 bits per heavy atom. The normalized spacial score (nSPS) is 18.4. The van der Waals surface area contributed by atoms with Crippen LogP contribution in [0.5, 0.6) is 0 Å². The van der Waals surface area contributed by atoms with Crippen LogP contribution in [0.15, 0.2) is 66.9 Å². The van der Waals surface area contributed by atoms with Gasteiger partial charge in [-0.25, -0.2) is 4.98 Å². The summed E-state index contributed by atoms with van der Waals surface area (Å²) in [7, 11) is 0. The van der Waals surface area contributed by atoms with Crippen LogP contribution in [0.4, 0.5) is 24.7 Å². The fraction of sp³-hybridized carbons (Fsp3) is 0.308. The molecule has 0 saturated heterocycles. The van der Waals surface area contributed by atoms with Crippen LogP contribution in [0, 0.1) is 0 Å². The van der Waals surface area contributed by atoms with Crippen molar-refractivity contribution >= 4 is 17.4 Å². The van der Waals surface area contributed by atoms with Gasteiger partial charge < -0.3 is 15.7 Å². The lowest BCUT2D eigenvalue weighted by Crippen LogP contribution is -2.38. The van der Waals surface area contributed by atoms with Crippen LogP contribution in [0.25, 0.3) is 0 Å². The topological polar surface area (TPSA) is 74.2 Å². The number of hydrogen-bond donors (Lipinski definition) is 3. The van der Waals surface area contributed by atoms with Crippen molar-refractivity contribution in [2.24, 2.45) is 0 Å². The maximum Gasteiger partial charge on any atom is 0.416 e. The zero-order valence-corrected chi connectivity index (χ0v) is 18.5. The van der Waals surface area contributed by atoms with E-state index in [0.29, 0.717) is 41.9 Å². The summed E-state index contributed by atoms with van der Waals surface area (Å²) in [6.07, 6.45) is 0.165. The highest BCUT2D eigenvalue weighted by atomic mass is 19.4. The third-order valence-corrected chi connectivity index (χ3v) is 5.92. The van der Waals surface area contributed by atoms with Crippen molar-refractivity contribution in [2.75, 3.05) is 5.32 Å². The molecule has 1 aliphatic rings. The first-order chi connectivity index (χ1) is 16.3. The Kier molecular flexibility index (Phi) is 7.17. The van der Waals surface area contributed by atoms with Crippen LogP contribution in [-0.4, -0.2) is 28.1 Å². The summed E-state index contributed by atoms with van der Waals surface area (Å²) >= 11 is 0. The maximum atomic E-state index is 13.0. The van der Waals surface area contributed by atoms with Gasteiger partial charge in [0.15, 0.2) is 0 Å². The molecule has 3 N–H and O–H groups in total. The quantitative estimate of drug-likeness (QED) is 0.448. The smallest absolute Gasteiger partial charge is 0.393 e. The molecular weight excluding hydrogens is 443 g/mol. The van der Waals surface area contributed by atoms with Crippen LogP contribution >= 0.6 is 0 Å². The summed E-state index contributed by atoms with van der Waals surface area (Å²) in [5.41, 5.74) is 1.88. The molecule has 0 radical (unpaired) electrons. The Morgan fingerprint density at radius 3 is 2.47 bits per heavy atom. The van der Waals surface area contributed by atoms with Crippen LogP contribution < -0.4 is 10.6 Å². The lowest BCUT2D eigenvalue weighted by atomic mass is 9.93. The molecule has 3 aromatic rings. The van der Waals surface area contributed by atoms with E-state index >= 15 is 0 Å². The van der Waals surface area contributed by atoms with Gasteiger partial charge in [-0.3, -0.25) is 4.79 Å². The number of hydrogen-bond acceptors (Lipinski definition) is 4. The van der Waals surface area contributed by atoms with Gasteiger partial charge in [-0.15, -0.1) is 0 Å². The predicted octanol–water partition coefficient (Wildman–Crippen LogP) is 5.47. The minimum Gasteiger partial charge on any atom is -0.393 e. The van der Waals surface area contributed by atoms with Gasteiger partial charge in [0, 0.05) is 23.5 Å². The fourth-order valence-electron chi connectivity index (χ4n) is 4.12. The predicted molar refractivity (Wildman–Crippen MR) is 124 cm³/mol. The minimum atomic E-state index is -4.38. The lowest BCUT2D eigenvalue weighted by Gasteiger charge is -2.26. The number of nitrogens with one attached hydrogen (secondary N) is 2. The standard InChI is InChI=1S/C26H26F3N3O2/c27-26(28,29)20-5-1-3-17(14-20)13-18-11-12-30-24(15-18)31-22-6-2-4-19(16-22)25(34)32-21-7-9-23(33)10-8-21/h1-6,11-12,14-16,21,23,33H,7-10,13H2,(H,30,31)(H,32,34). The van der Waals surface area contributed by atoms with Crippen molar-refractivity contribution in [3.05, 3.63) is 89.1 Å². The van der Waals surface area contributed by atoms with Gasteiger partial charge in [0.1, 0.15) is 5.82 Å². The number of halogens is 3. The highest BCUT2D eigenvalue weighted by molar-refractivity contribution is 5.95. The summed E-state index contributed by atoms with van der Waals surface area (Å²) in [5, 5.41) is 15.8. The van der Waals surface area contributed by atoms with E-state index in [9.17, 15) is 23.1 Å². The maximum absolute atomic E-state index is 13.0. The average molecular weight is 470 g/mol. The molecule has 4 rings (SSSR count). The number of nitrogens with zero attached hydrogens (tertiary/aromatic N) is 1. The summed E-state index contributed by atoms with van der Waals surface area (Å²) in [6, 6.07) is 15.9. The monoisotopic (exact) mass is 469 g/mol. The van der Waals surface area contributed by atoms with Gasteiger partial charge >= 0.3 is 6.18 Å². The minimum absolute atomic E-state index is 0.0571. The number of carbonyl (C=O) groups is 1. The number of alkyl halides is 3. The molecule has 1 aromatic heterocycles. The van der Waals surface area contributed by atoms with Crippen molar-refractivity contribution < 1.29 is 23.1 Å². The molecule has 5 nitrogen and oxygen atoms in total. The largest absolute Gasteiger partial charge is 0.416 e. The number of aromatic nitrogens is 1. The lowest BCUT2D eigenvalue weighted by molar-refractivity contribution is -0.137. The van der Waals surface area contributed by atoms with E-state index in [1.54, 1.807) is 42.6 Å². The highest BCUT2D eigenvalue weighted by Gasteiger charge is 2.30. The Morgan fingerprint density at radius 2 is 1.71 bits per heavy atom. The molecule has 0 unspecified atom stereocenters. The van der Waals surface area contributed by atoms with Crippen molar-refractivity contribution in [3.8, 4) is 0 Å². The van der Waals surface area contributed by atoms with Gasteiger partial charge in [0.2, 0.25) is 0 Å². The molecule has 0 spiro atoms. The molecule has 0 aliphatic heterocycles. The van der Waals surface area contributed by atoms with Gasteiger partial charge in [-0.05, 0) is 79.6 Å². The van der Waals surface area contributed by atoms with E-state index in [2.05, 4.69) is 15.6 Å². The molecular formula is C26H26F3N3O2. The number of carbonyl (C=O) groups excluding carboxylic acids is 1. The van der Waals surface area contributed by atoms with E-state index < -0.39 is 11.7 Å². The molecule has 2 aromatic carbocycles. The number of aliphatic hydroxyl groups excluding tert-OH is 1. The number of rotatable bonds is 6. The molecule has 178 valence electrons.